The molecule has 0 bridgehead atoms. The van der Waals surface area contributed by atoms with Crippen molar-refractivity contribution in [1.29, 1.82) is 0 Å². The Labute approximate surface area is 160 Å². The summed E-state index contributed by atoms with van der Waals surface area (Å²) in [6.07, 6.45) is 1.92. The van der Waals surface area contributed by atoms with E-state index < -0.39 is 12.0 Å². The van der Waals surface area contributed by atoms with Gasteiger partial charge >= 0.3 is 5.97 Å². The minimum atomic E-state index is -0.967. The number of carboxylic acid groups (broad SMARTS) is 1. The van der Waals surface area contributed by atoms with Gasteiger partial charge in [0.1, 0.15) is 4.60 Å². The van der Waals surface area contributed by atoms with Crippen LogP contribution in [-0.2, 0) is 11.2 Å². The summed E-state index contributed by atoms with van der Waals surface area (Å²) in [5, 5.41) is 9.73. The summed E-state index contributed by atoms with van der Waals surface area (Å²) in [5.41, 5.74) is 3.24. The smallest absolute Gasteiger partial charge is 0.328 e. The molecule has 0 aliphatic carbocycles. The van der Waals surface area contributed by atoms with Crippen molar-refractivity contribution in [2.24, 2.45) is 4.99 Å². The van der Waals surface area contributed by atoms with Crippen LogP contribution in [0.3, 0.4) is 0 Å². The molecule has 2 aromatic carbocycles. The van der Waals surface area contributed by atoms with Gasteiger partial charge in [0, 0.05) is 23.7 Å². The highest BCUT2D eigenvalue weighted by Crippen LogP contribution is 2.18. The molecule has 26 heavy (non-hydrogen) atoms. The maximum absolute atomic E-state index is 11.9. The largest absolute Gasteiger partial charge is 0.480 e. The van der Waals surface area contributed by atoms with Gasteiger partial charge in [0.15, 0.2) is 6.04 Å². The van der Waals surface area contributed by atoms with Gasteiger partial charge in [-0.15, -0.1) is 0 Å². The average molecular weight is 409 g/mol. The van der Waals surface area contributed by atoms with E-state index in [1.165, 1.54) is 0 Å². The third-order valence-corrected chi connectivity index (χ3v) is 4.63. The molecule has 0 aliphatic heterocycles. The van der Waals surface area contributed by atoms with E-state index in [-0.39, 0.29) is 6.42 Å². The fourth-order valence-electron chi connectivity index (χ4n) is 2.63. The Morgan fingerprint density at radius 2 is 1.54 bits per heavy atom. The van der Waals surface area contributed by atoms with Crippen molar-refractivity contribution in [3.05, 3.63) is 100 Å². The van der Waals surface area contributed by atoms with E-state index in [1.54, 1.807) is 12.3 Å². The molecule has 0 aliphatic rings. The number of carbonyl (C=O) groups is 1. The molecule has 0 amide bonds. The standard InChI is InChI=1S/C21H17BrN2O2/c22-20-17(12-7-13-23-20)14-18(21(25)26)24-19(15-8-3-1-4-9-15)16-10-5-2-6-11-16/h1-13,18H,14H2,(H,25,26). The molecule has 1 atom stereocenters. The highest BCUT2D eigenvalue weighted by Gasteiger charge is 2.20. The molecular weight excluding hydrogens is 392 g/mol. The second-order valence-corrected chi connectivity index (χ2v) is 6.47. The SMILES string of the molecule is O=C(O)C(Cc1cccnc1Br)N=C(c1ccccc1)c1ccccc1. The van der Waals surface area contributed by atoms with Crippen LogP contribution in [-0.4, -0.2) is 27.8 Å². The zero-order valence-corrected chi connectivity index (χ0v) is 15.5. The molecule has 3 aromatic rings. The Bertz CT molecular complexity index is 870. The Hall–Kier alpha value is -2.79. The first kappa shape index (κ1) is 18.0. The monoisotopic (exact) mass is 408 g/mol. The zero-order chi connectivity index (χ0) is 18.4. The number of aliphatic carboxylic acids is 1. The quantitative estimate of drug-likeness (QED) is 0.486. The minimum Gasteiger partial charge on any atom is -0.480 e. The molecule has 0 fully saturated rings. The third kappa shape index (κ3) is 4.43. The Balaban J connectivity index is 2.04. The van der Waals surface area contributed by atoms with Gasteiger partial charge < -0.3 is 5.11 Å². The van der Waals surface area contributed by atoms with Gasteiger partial charge in [0.2, 0.25) is 0 Å². The van der Waals surface area contributed by atoms with Crippen LogP contribution in [0.15, 0.2) is 88.6 Å². The maximum atomic E-state index is 11.9. The molecule has 3 rings (SSSR count). The molecule has 0 radical (unpaired) electrons. The van der Waals surface area contributed by atoms with E-state index >= 15 is 0 Å². The van der Waals surface area contributed by atoms with Crippen LogP contribution in [0.5, 0.6) is 0 Å². The summed E-state index contributed by atoms with van der Waals surface area (Å²) in [4.78, 5) is 20.7. The van der Waals surface area contributed by atoms with Crippen molar-refractivity contribution in [1.82, 2.24) is 4.98 Å². The molecule has 4 nitrogen and oxygen atoms in total. The summed E-state index contributed by atoms with van der Waals surface area (Å²) in [6, 6.07) is 22.0. The van der Waals surface area contributed by atoms with Gasteiger partial charge in [-0.2, -0.15) is 0 Å². The van der Waals surface area contributed by atoms with Gasteiger partial charge in [-0.25, -0.2) is 9.78 Å². The second-order valence-electron chi connectivity index (χ2n) is 5.72. The van der Waals surface area contributed by atoms with E-state index in [2.05, 4.69) is 25.9 Å². The van der Waals surface area contributed by atoms with Crippen molar-refractivity contribution < 1.29 is 9.90 Å². The van der Waals surface area contributed by atoms with Crippen LogP contribution < -0.4 is 0 Å². The van der Waals surface area contributed by atoms with Crippen molar-refractivity contribution in [2.75, 3.05) is 0 Å². The highest BCUT2D eigenvalue weighted by atomic mass is 79.9. The van der Waals surface area contributed by atoms with Crippen molar-refractivity contribution in [2.45, 2.75) is 12.5 Å². The number of rotatable bonds is 6. The average Bonchev–Trinajstić information content (AvgIpc) is 2.67. The zero-order valence-electron chi connectivity index (χ0n) is 13.9. The summed E-state index contributed by atoms with van der Waals surface area (Å²) in [7, 11) is 0. The Morgan fingerprint density at radius 1 is 0.962 bits per heavy atom. The predicted octanol–water partition coefficient (Wildman–Crippen LogP) is 4.38. The fourth-order valence-corrected chi connectivity index (χ4v) is 3.04. The number of halogens is 1. The molecule has 1 aromatic heterocycles. The van der Waals surface area contributed by atoms with Gasteiger partial charge in [0.05, 0.1) is 5.71 Å². The molecule has 0 saturated heterocycles. The number of hydrogen-bond donors (Lipinski definition) is 1. The highest BCUT2D eigenvalue weighted by molar-refractivity contribution is 9.10. The van der Waals surface area contributed by atoms with Gasteiger partial charge in [-0.05, 0) is 27.6 Å². The van der Waals surface area contributed by atoms with E-state index in [1.807, 2.05) is 66.7 Å². The molecular formula is C21H17BrN2O2. The van der Waals surface area contributed by atoms with Gasteiger partial charge in [-0.1, -0.05) is 66.7 Å². The number of benzene rings is 2. The van der Waals surface area contributed by atoms with Crippen LogP contribution in [0.2, 0.25) is 0 Å². The van der Waals surface area contributed by atoms with E-state index in [9.17, 15) is 9.90 Å². The van der Waals surface area contributed by atoms with E-state index in [4.69, 9.17) is 0 Å². The van der Waals surface area contributed by atoms with Crippen molar-refractivity contribution in [3.63, 3.8) is 0 Å². The van der Waals surface area contributed by atoms with Crippen LogP contribution >= 0.6 is 15.9 Å². The van der Waals surface area contributed by atoms with Crippen molar-refractivity contribution >= 4 is 27.6 Å². The van der Waals surface area contributed by atoms with Crippen LogP contribution in [0.25, 0.3) is 0 Å². The minimum absolute atomic E-state index is 0.257. The molecule has 1 unspecified atom stereocenters. The lowest BCUT2D eigenvalue weighted by molar-refractivity contribution is -0.138. The molecule has 0 saturated carbocycles. The summed E-state index contributed by atoms with van der Waals surface area (Å²) in [6.45, 7) is 0. The number of nitrogens with zero attached hydrogens (tertiary/aromatic N) is 2. The topological polar surface area (TPSA) is 62.5 Å². The predicted molar refractivity (Wildman–Crippen MR) is 106 cm³/mol. The Kier molecular flexibility index (Phi) is 5.92. The van der Waals surface area contributed by atoms with Crippen LogP contribution in [0.1, 0.15) is 16.7 Å². The number of aliphatic imine (C=N–C) groups is 1. The van der Waals surface area contributed by atoms with Gasteiger partial charge in [0.25, 0.3) is 0 Å². The molecule has 130 valence electrons. The summed E-state index contributed by atoms with van der Waals surface area (Å²) in [5.74, 6) is -0.967. The second kappa shape index (κ2) is 8.54. The fraction of sp³-hybridized carbons (Fsp3) is 0.0952. The first-order valence-corrected chi connectivity index (χ1v) is 8.95. The van der Waals surface area contributed by atoms with E-state index in [0.717, 1.165) is 16.7 Å². The maximum Gasteiger partial charge on any atom is 0.328 e. The third-order valence-electron chi connectivity index (χ3n) is 3.91. The molecule has 0 spiro atoms. The number of hydrogen-bond acceptors (Lipinski definition) is 3. The number of pyridine rings is 1. The Morgan fingerprint density at radius 3 is 2.04 bits per heavy atom. The van der Waals surface area contributed by atoms with E-state index in [0.29, 0.717) is 10.3 Å². The summed E-state index contributed by atoms with van der Waals surface area (Å²) >= 11 is 3.38. The first-order chi connectivity index (χ1) is 12.6. The molecule has 1 N–H and O–H groups in total. The van der Waals surface area contributed by atoms with Crippen LogP contribution in [0, 0.1) is 0 Å². The molecule has 1 heterocycles. The lowest BCUT2D eigenvalue weighted by atomic mass is 10.0. The normalized spacial score (nSPS) is 11.6. The van der Waals surface area contributed by atoms with Crippen LogP contribution in [0.4, 0.5) is 0 Å². The van der Waals surface area contributed by atoms with Crippen molar-refractivity contribution in [3.8, 4) is 0 Å². The lowest BCUT2D eigenvalue weighted by Gasteiger charge is -2.13. The van der Waals surface area contributed by atoms with Gasteiger partial charge in [-0.3, -0.25) is 4.99 Å². The first-order valence-electron chi connectivity index (χ1n) is 8.16. The molecule has 5 heteroatoms. The number of aromatic nitrogens is 1. The lowest BCUT2D eigenvalue weighted by Crippen LogP contribution is -2.23. The summed E-state index contributed by atoms with van der Waals surface area (Å²) < 4.78 is 0.641. The number of carboxylic acids is 1.